The van der Waals surface area contributed by atoms with Gasteiger partial charge in [0, 0.05) is 12.8 Å². The van der Waals surface area contributed by atoms with Crippen molar-refractivity contribution in [1.29, 1.82) is 0 Å². The van der Waals surface area contributed by atoms with Crippen LogP contribution in [0.3, 0.4) is 0 Å². The highest BCUT2D eigenvalue weighted by Crippen LogP contribution is 2.27. The Morgan fingerprint density at radius 2 is 1.86 bits per heavy atom. The molecule has 0 aliphatic heterocycles. The van der Waals surface area contributed by atoms with Crippen molar-refractivity contribution < 1.29 is 14.3 Å². The van der Waals surface area contributed by atoms with Crippen LogP contribution in [0.2, 0.25) is 0 Å². The molecule has 14 heavy (non-hydrogen) atoms. The van der Waals surface area contributed by atoms with Gasteiger partial charge in [-0.2, -0.15) is 0 Å². The van der Waals surface area contributed by atoms with E-state index in [1.165, 1.54) is 12.8 Å². The van der Waals surface area contributed by atoms with Gasteiger partial charge in [0.25, 0.3) is 0 Å². The lowest BCUT2D eigenvalue weighted by atomic mass is 10.0. The number of hydrogen-bond acceptors (Lipinski definition) is 3. The summed E-state index contributed by atoms with van der Waals surface area (Å²) in [6.07, 6.45) is 5.71. The molecule has 1 rings (SSSR count). The second-order valence-corrected chi connectivity index (χ2v) is 3.80. The lowest BCUT2D eigenvalue weighted by molar-refractivity contribution is -0.160. The number of rotatable bonds is 4. The molecule has 0 unspecified atom stereocenters. The maximum Gasteiger partial charge on any atom is 0.313 e. The Morgan fingerprint density at radius 1 is 1.21 bits per heavy atom. The average Bonchev–Trinajstić information content (AvgIpc) is 2.56. The van der Waals surface area contributed by atoms with E-state index < -0.39 is 5.97 Å². The van der Waals surface area contributed by atoms with Crippen LogP contribution in [0.25, 0.3) is 0 Å². The summed E-state index contributed by atoms with van der Waals surface area (Å²) in [4.78, 5) is 22.2. The molecule has 3 nitrogen and oxygen atoms in total. The third-order valence-corrected chi connectivity index (χ3v) is 2.54. The Labute approximate surface area is 84.8 Å². The third kappa shape index (κ3) is 3.90. The zero-order chi connectivity index (χ0) is 10.4. The van der Waals surface area contributed by atoms with Crippen LogP contribution in [0.1, 0.15) is 44.9 Å². The van der Waals surface area contributed by atoms with E-state index in [4.69, 9.17) is 0 Å². The van der Waals surface area contributed by atoms with Crippen LogP contribution in [-0.4, -0.2) is 11.9 Å². The summed E-state index contributed by atoms with van der Waals surface area (Å²) in [7, 11) is 0. The fraction of sp³-hybridized carbons (Fsp3) is 0.727. The first kappa shape index (κ1) is 11.2. The first-order valence-corrected chi connectivity index (χ1v) is 5.25. The van der Waals surface area contributed by atoms with Crippen LogP contribution in [0.15, 0.2) is 0 Å². The van der Waals surface area contributed by atoms with Crippen LogP contribution in [0.4, 0.5) is 0 Å². The molecule has 0 aromatic rings. The Balaban J connectivity index is 2.17. The van der Waals surface area contributed by atoms with Crippen molar-refractivity contribution in [1.82, 2.24) is 0 Å². The number of carbonyl (C=O) groups is 2. The number of carbonyl (C=O) groups excluding carboxylic acids is 2. The molecule has 1 saturated carbocycles. The van der Waals surface area contributed by atoms with Crippen LogP contribution < -0.4 is 0 Å². The van der Waals surface area contributed by atoms with E-state index >= 15 is 0 Å². The highest BCUT2D eigenvalue weighted by molar-refractivity contribution is 5.85. The van der Waals surface area contributed by atoms with Gasteiger partial charge in [0.2, 0.25) is 0 Å². The van der Waals surface area contributed by atoms with Crippen molar-refractivity contribution in [3.63, 3.8) is 0 Å². The number of ether oxygens (including phenoxy) is 1. The van der Waals surface area contributed by atoms with Gasteiger partial charge >= 0.3 is 11.9 Å². The topological polar surface area (TPSA) is 43.4 Å². The lowest BCUT2D eigenvalue weighted by Gasteiger charge is -2.06. The van der Waals surface area contributed by atoms with Crippen molar-refractivity contribution in [3.8, 4) is 0 Å². The summed E-state index contributed by atoms with van der Waals surface area (Å²) in [5.41, 5.74) is 0. The molecular formula is C11H17O3. The summed E-state index contributed by atoms with van der Waals surface area (Å²) in [6, 6.07) is 0. The van der Waals surface area contributed by atoms with Gasteiger partial charge in [-0.05, 0) is 25.2 Å². The molecule has 1 aliphatic carbocycles. The van der Waals surface area contributed by atoms with Gasteiger partial charge in [-0.25, -0.2) is 0 Å². The smallest absolute Gasteiger partial charge is 0.313 e. The van der Waals surface area contributed by atoms with Crippen molar-refractivity contribution >= 4 is 11.9 Å². The van der Waals surface area contributed by atoms with E-state index in [9.17, 15) is 9.59 Å². The molecule has 3 heteroatoms. The third-order valence-electron chi connectivity index (χ3n) is 2.54. The van der Waals surface area contributed by atoms with Gasteiger partial charge in [-0.15, -0.1) is 0 Å². The first-order chi connectivity index (χ1) is 6.72. The van der Waals surface area contributed by atoms with Gasteiger partial charge in [-0.3, -0.25) is 9.59 Å². The predicted molar refractivity (Wildman–Crippen MR) is 52.3 cm³/mol. The SMILES string of the molecule is [CH2]CCC(=O)OC(=O)CC1CCCC1. The summed E-state index contributed by atoms with van der Waals surface area (Å²) in [5.74, 6) is -0.367. The minimum Gasteiger partial charge on any atom is -0.393 e. The summed E-state index contributed by atoms with van der Waals surface area (Å²) >= 11 is 0. The quantitative estimate of drug-likeness (QED) is 0.513. The van der Waals surface area contributed by atoms with Gasteiger partial charge < -0.3 is 4.74 Å². The van der Waals surface area contributed by atoms with E-state index in [0.717, 1.165) is 12.8 Å². The first-order valence-electron chi connectivity index (χ1n) is 5.25. The molecule has 0 bridgehead atoms. The van der Waals surface area contributed by atoms with E-state index in [-0.39, 0.29) is 12.4 Å². The molecule has 0 spiro atoms. The zero-order valence-corrected chi connectivity index (χ0v) is 8.46. The molecule has 1 aliphatic rings. The van der Waals surface area contributed by atoms with Crippen molar-refractivity contribution in [2.75, 3.05) is 0 Å². The van der Waals surface area contributed by atoms with E-state index in [2.05, 4.69) is 11.7 Å². The molecule has 0 saturated heterocycles. The predicted octanol–water partition coefficient (Wildman–Crippen LogP) is 2.25. The molecule has 0 aromatic heterocycles. The average molecular weight is 197 g/mol. The minimum atomic E-state index is -0.442. The highest BCUT2D eigenvalue weighted by Gasteiger charge is 2.20. The normalized spacial score (nSPS) is 16.9. The summed E-state index contributed by atoms with van der Waals surface area (Å²) < 4.78 is 4.63. The zero-order valence-electron chi connectivity index (χ0n) is 8.46. The molecule has 0 N–H and O–H groups in total. The van der Waals surface area contributed by atoms with E-state index in [0.29, 0.717) is 18.8 Å². The molecule has 1 fully saturated rings. The Kier molecular flexibility index (Phi) is 4.63. The number of hydrogen-bond donors (Lipinski definition) is 0. The minimum absolute atomic E-state index is 0.233. The van der Waals surface area contributed by atoms with Crippen molar-refractivity contribution in [2.24, 2.45) is 5.92 Å². The second-order valence-electron chi connectivity index (χ2n) is 3.80. The number of esters is 2. The molecule has 79 valence electrons. The van der Waals surface area contributed by atoms with Gasteiger partial charge in [-0.1, -0.05) is 19.8 Å². The van der Waals surface area contributed by atoms with Crippen LogP contribution in [0.5, 0.6) is 0 Å². The van der Waals surface area contributed by atoms with Crippen molar-refractivity contribution in [2.45, 2.75) is 44.9 Å². The Bertz CT molecular complexity index is 205. The van der Waals surface area contributed by atoms with E-state index in [1.807, 2.05) is 0 Å². The Hall–Kier alpha value is -0.860. The molecule has 0 heterocycles. The maximum absolute atomic E-state index is 11.2. The summed E-state index contributed by atoms with van der Waals surface area (Å²) in [5, 5.41) is 0. The molecular weight excluding hydrogens is 180 g/mol. The molecule has 1 radical (unpaired) electrons. The maximum atomic E-state index is 11.2. The second kappa shape index (κ2) is 5.78. The van der Waals surface area contributed by atoms with Crippen molar-refractivity contribution in [3.05, 3.63) is 6.92 Å². The highest BCUT2D eigenvalue weighted by atomic mass is 16.6. The fourth-order valence-corrected chi connectivity index (χ4v) is 1.81. The molecule has 0 atom stereocenters. The van der Waals surface area contributed by atoms with Crippen LogP contribution in [0, 0.1) is 12.8 Å². The lowest BCUT2D eigenvalue weighted by Crippen LogP contribution is -2.14. The molecule has 0 amide bonds. The fourth-order valence-electron chi connectivity index (χ4n) is 1.81. The van der Waals surface area contributed by atoms with Gasteiger partial charge in [0.15, 0.2) is 0 Å². The monoisotopic (exact) mass is 197 g/mol. The van der Waals surface area contributed by atoms with Gasteiger partial charge in [0.1, 0.15) is 0 Å². The standard InChI is InChI=1S/C11H17O3/c1-2-5-10(12)14-11(13)8-9-6-3-4-7-9/h9H,1-8H2. The van der Waals surface area contributed by atoms with Gasteiger partial charge in [0.05, 0.1) is 0 Å². The Morgan fingerprint density at radius 3 is 2.43 bits per heavy atom. The van der Waals surface area contributed by atoms with E-state index in [1.54, 1.807) is 0 Å². The van der Waals surface area contributed by atoms with Crippen LogP contribution in [-0.2, 0) is 14.3 Å². The van der Waals surface area contributed by atoms with Crippen LogP contribution >= 0.6 is 0 Å². The molecule has 0 aromatic carbocycles. The summed E-state index contributed by atoms with van der Waals surface area (Å²) in [6.45, 7) is 3.52. The largest absolute Gasteiger partial charge is 0.393 e.